The van der Waals surface area contributed by atoms with Gasteiger partial charge in [-0.3, -0.25) is 10.1 Å². The van der Waals surface area contributed by atoms with Gasteiger partial charge in [-0.2, -0.15) is 0 Å². The Balaban J connectivity index is 1.69. The van der Waals surface area contributed by atoms with E-state index in [9.17, 15) is 10.1 Å². The highest BCUT2D eigenvalue weighted by molar-refractivity contribution is 5.56. The molecule has 2 aliphatic rings. The van der Waals surface area contributed by atoms with Crippen molar-refractivity contribution in [2.24, 2.45) is 0 Å². The first-order valence-electron chi connectivity index (χ1n) is 8.24. The molecule has 0 bridgehead atoms. The van der Waals surface area contributed by atoms with E-state index in [1.165, 1.54) is 32.1 Å². The predicted molar refractivity (Wildman–Crippen MR) is 86.2 cm³/mol. The lowest BCUT2D eigenvalue weighted by molar-refractivity contribution is -0.384. The highest BCUT2D eigenvalue weighted by Gasteiger charge is 2.38. The van der Waals surface area contributed by atoms with Gasteiger partial charge in [-0.25, -0.2) is 0 Å². The van der Waals surface area contributed by atoms with E-state index in [4.69, 9.17) is 4.74 Å². The van der Waals surface area contributed by atoms with E-state index < -0.39 is 0 Å². The molecule has 5 nitrogen and oxygen atoms in total. The maximum Gasteiger partial charge on any atom is 0.269 e. The Bertz CT molecular complexity index is 547. The SMILES string of the molecule is Cc1cc([N+](=O)[O-])ccc1NC1CCOC2(CCCCC2)C1. The third kappa shape index (κ3) is 3.24. The van der Waals surface area contributed by atoms with E-state index in [1.54, 1.807) is 12.1 Å². The molecule has 1 heterocycles. The van der Waals surface area contributed by atoms with Crippen LogP contribution in [0.25, 0.3) is 0 Å². The van der Waals surface area contributed by atoms with Crippen molar-refractivity contribution in [3.05, 3.63) is 33.9 Å². The van der Waals surface area contributed by atoms with Gasteiger partial charge < -0.3 is 10.1 Å². The van der Waals surface area contributed by atoms with Crippen LogP contribution in [0.2, 0.25) is 0 Å². The Morgan fingerprint density at radius 3 is 2.77 bits per heavy atom. The van der Waals surface area contributed by atoms with Gasteiger partial charge in [0.15, 0.2) is 0 Å². The van der Waals surface area contributed by atoms with Crippen molar-refractivity contribution in [1.82, 2.24) is 0 Å². The summed E-state index contributed by atoms with van der Waals surface area (Å²) in [5.74, 6) is 0. The molecule has 1 N–H and O–H groups in total. The number of nitrogens with zero attached hydrogens (tertiary/aromatic N) is 1. The zero-order chi connectivity index (χ0) is 15.6. The number of hydrogen-bond donors (Lipinski definition) is 1. The summed E-state index contributed by atoms with van der Waals surface area (Å²) in [7, 11) is 0. The minimum Gasteiger partial charge on any atom is -0.382 e. The van der Waals surface area contributed by atoms with Crippen molar-refractivity contribution in [3.63, 3.8) is 0 Å². The molecular formula is C17H24N2O3. The average Bonchev–Trinajstić information content (AvgIpc) is 2.50. The van der Waals surface area contributed by atoms with Crippen LogP contribution in [0.5, 0.6) is 0 Å². The van der Waals surface area contributed by atoms with E-state index in [-0.39, 0.29) is 16.2 Å². The van der Waals surface area contributed by atoms with Gasteiger partial charge in [0.05, 0.1) is 10.5 Å². The number of nitro groups is 1. The first-order chi connectivity index (χ1) is 10.6. The first-order valence-corrected chi connectivity index (χ1v) is 8.24. The normalized spacial score (nSPS) is 24.1. The van der Waals surface area contributed by atoms with Crippen LogP contribution in [0.1, 0.15) is 50.5 Å². The number of aryl methyl sites for hydroxylation is 1. The third-order valence-electron chi connectivity index (χ3n) is 5.04. The van der Waals surface area contributed by atoms with Crippen LogP contribution in [-0.4, -0.2) is 23.2 Å². The maximum absolute atomic E-state index is 10.8. The number of nitrogens with one attached hydrogen (secondary N) is 1. The minimum absolute atomic E-state index is 0.0723. The fourth-order valence-corrected chi connectivity index (χ4v) is 3.84. The molecule has 1 unspecified atom stereocenters. The summed E-state index contributed by atoms with van der Waals surface area (Å²) in [6.07, 6.45) is 8.24. The maximum atomic E-state index is 10.8. The van der Waals surface area contributed by atoms with Crippen LogP contribution in [0.15, 0.2) is 18.2 Å². The molecule has 3 rings (SSSR count). The van der Waals surface area contributed by atoms with Gasteiger partial charge in [0, 0.05) is 30.5 Å². The molecule has 1 aromatic rings. The number of hydrogen-bond acceptors (Lipinski definition) is 4. The highest BCUT2D eigenvalue weighted by Crippen LogP contribution is 2.39. The van der Waals surface area contributed by atoms with Crippen molar-refractivity contribution in [1.29, 1.82) is 0 Å². The second-order valence-electron chi connectivity index (χ2n) is 6.68. The molecule has 1 aliphatic heterocycles. The third-order valence-corrected chi connectivity index (χ3v) is 5.04. The van der Waals surface area contributed by atoms with Gasteiger partial charge in [-0.1, -0.05) is 19.3 Å². The topological polar surface area (TPSA) is 64.4 Å². The van der Waals surface area contributed by atoms with E-state index in [2.05, 4.69) is 5.32 Å². The largest absolute Gasteiger partial charge is 0.382 e. The number of non-ortho nitro benzene ring substituents is 1. The van der Waals surface area contributed by atoms with Gasteiger partial charge in [0.2, 0.25) is 0 Å². The Labute approximate surface area is 131 Å². The quantitative estimate of drug-likeness (QED) is 0.671. The molecule has 0 aromatic heterocycles. The zero-order valence-corrected chi connectivity index (χ0v) is 13.1. The molecule has 2 fully saturated rings. The molecule has 1 atom stereocenters. The van der Waals surface area contributed by atoms with Crippen LogP contribution < -0.4 is 5.32 Å². The number of anilines is 1. The zero-order valence-electron chi connectivity index (χ0n) is 13.1. The van der Waals surface area contributed by atoms with Crippen LogP contribution in [-0.2, 0) is 4.74 Å². The van der Waals surface area contributed by atoms with Crippen LogP contribution >= 0.6 is 0 Å². The standard InChI is InChI=1S/C17H24N2O3/c1-13-11-15(19(20)21)5-6-16(13)18-14-7-10-22-17(12-14)8-3-2-4-9-17/h5-6,11,14,18H,2-4,7-10,12H2,1H3. The smallest absolute Gasteiger partial charge is 0.269 e. The molecule has 1 saturated heterocycles. The van der Waals surface area contributed by atoms with E-state index in [0.29, 0.717) is 6.04 Å². The number of ether oxygens (including phenoxy) is 1. The minimum atomic E-state index is -0.345. The summed E-state index contributed by atoms with van der Waals surface area (Å²) in [4.78, 5) is 10.5. The molecule has 1 saturated carbocycles. The molecule has 0 radical (unpaired) electrons. The van der Waals surface area contributed by atoms with Crippen LogP contribution in [0, 0.1) is 17.0 Å². The van der Waals surface area contributed by atoms with E-state index in [1.807, 2.05) is 13.0 Å². The predicted octanol–water partition coefficient (Wildman–Crippen LogP) is 4.20. The number of rotatable bonds is 3. The highest BCUT2D eigenvalue weighted by atomic mass is 16.6. The fraction of sp³-hybridized carbons (Fsp3) is 0.647. The molecule has 1 aliphatic carbocycles. The van der Waals surface area contributed by atoms with Gasteiger partial charge in [-0.15, -0.1) is 0 Å². The lowest BCUT2D eigenvalue weighted by Crippen LogP contribution is -2.45. The molecule has 120 valence electrons. The molecule has 22 heavy (non-hydrogen) atoms. The Hall–Kier alpha value is -1.62. The monoisotopic (exact) mass is 304 g/mol. The molecule has 5 heteroatoms. The Kier molecular flexibility index (Phi) is 4.34. The second kappa shape index (κ2) is 6.24. The number of benzene rings is 1. The van der Waals surface area contributed by atoms with Crippen molar-refractivity contribution < 1.29 is 9.66 Å². The average molecular weight is 304 g/mol. The summed E-state index contributed by atoms with van der Waals surface area (Å²) in [6, 6.07) is 5.44. The summed E-state index contributed by atoms with van der Waals surface area (Å²) < 4.78 is 6.13. The fourth-order valence-electron chi connectivity index (χ4n) is 3.84. The van der Waals surface area contributed by atoms with Gasteiger partial charge in [-0.05, 0) is 44.2 Å². The van der Waals surface area contributed by atoms with Crippen molar-refractivity contribution in [2.75, 3.05) is 11.9 Å². The van der Waals surface area contributed by atoms with Gasteiger partial charge in [0.1, 0.15) is 0 Å². The lowest BCUT2D eigenvalue weighted by Gasteiger charge is -2.44. The summed E-state index contributed by atoms with van der Waals surface area (Å²) in [6.45, 7) is 2.73. The molecule has 1 spiro atoms. The van der Waals surface area contributed by atoms with Crippen LogP contribution in [0.4, 0.5) is 11.4 Å². The molecule has 1 aromatic carbocycles. The van der Waals surface area contributed by atoms with Crippen molar-refractivity contribution >= 4 is 11.4 Å². The van der Waals surface area contributed by atoms with Crippen molar-refractivity contribution in [2.45, 2.75) is 63.5 Å². The van der Waals surface area contributed by atoms with Crippen LogP contribution in [0.3, 0.4) is 0 Å². The first kappa shape index (κ1) is 15.3. The Morgan fingerprint density at radius 2 is 2.09 bits per heavy atom. The summed E-state index contributed by atoms with van der Waals surface area (Å²) >= 11 is 0. The van der Waals surface area contributed by atoms with Gasteiger partial charge >= 0.3 is 0 Å². The lowest BCUT2D eigenvalue weighted by atomic mass is 9.78. The van der Waals surface area contributed by atoms with Gasteiger partial charge in [0.25, 0.3) is 5.69 Å². The van der Waals surface area contributed by atoms with E-state index >= 15 is 0 Å². The number of nitro benzene ring substituents is 1. The molecule has 0 amide bonds. The van der Waals surface area contributed by atoms with Crippen molar-refractivity contribution in [3.8, 4) is 0 Å². The van der Waals surface area contributed by atoms with E-state index in [0.717, 1.165) is 30.7 Å². The second-order valence-corrected chi connectivity index (χ2v) is 6.68. The Morgan fingerprint density at radius 1 is 1.32 bits per heavy atom. The summed E-state index contributed by atoms with van der Waals surface area (Å²) in [5, 5.41) is 14.4. The molecular weight excluding hydrogens is 280 g/mol. The summed E-state index contributed by atoms with van der Waals surface area (Å²) in [5.41, 5.74) is 2.16.